The first-order valence-corrected chi connectivity index (χ1v) is 14.9. The van der Waals surface area contributed by atoms with Crippen molar-refractivity contribution < 1.29 is 18.9 Å². The van der Waals surface area contributed by atoms with Gasteiger partial charge in [0.25, 0.3) is 13.4 Å². The Kier molecular flexibility index (Phi) is 3.91. The molecule has 0 N–H and O–H groups in total. The van der Waals surface area contributed by atoms with E-state index in [-0.39, 0.29) is 13.4 Å². The summed E-state index contributed by atoms with van der Waals surface area (Å²) in [5.41, 5.74) is 10.0. The van der Waals surface area contributed by atoms with E-state index in [0.29, 0.717) is 0 Å². The highest BCUT2D eigenvalue weighted by atomic mass is 16.5. The molecule has 6 aliphatic rings. The van der Waals surface area contributed by atoms with Crippen molar-refractivity contribution in [1.82, 2.24) is 0 Å². The van der Waals surface area contributed by atoms with Crippen molar-refractivity contribution in [2.24, 2.45) is 0 Å². The third kappa shape index (κ3) is 2.58. The average molecular weight is 540 g/mol. The summed E-state index contributed by atoms with van der Waals surface area (Å²) in [6.07, 6.45) is 8.43. The van der Waals surface area contributed by atoms with E-state index in [9.17, 15) is 0 Å². The Hall–Kier alpha value is -4.83. The Morgan fingerprint density at radius 2 is 1.14 bits per heavy atom. The molecule has 42 heavy (non-hydrogen) atoms. The Morgan fingerprint density at radius 1 is 0.524 bits per heavy atom. The Labute approximate surface area is 243 Å². The number of allylic oxidation sites excluding steroid dienone is 3. The molecule has 0 saturated carbocycles. The van der Waals surface area contributed by atoms with Gasteiger partial charge in [0.05, 0.1) is 5.39 Å². The quantitative estimate of drug-likeness (QED) is 0.256. The fraction of sp³-hybridized carbons (Fsp3) is 0.111. The molecule has 0 aromatic heterocycles. The lowest BCUT2D eigenvalue weighted by atomic mass is 9.33. The molecule has 6 heteroatoms. The van der Waals surface area contributed by atoms with Gasteiger partial charge in [-0.1, -0.05) is 48.5 Å². The maximum atomic E-state index is 6.96. The first-order valence-electron chi connectivity index (χ1n) is 14.9. The number of benzene rings is 5. The first kappa shape index (κ1) is 21.9. The van der Waals surface area contributed by atoms with Gasteiger partial charge in [0, 0.05) is 10.9 Å². The van der Waals surface area contributed by atoms with E-state index in [2.05, 4.69) is 66.7 Å². The summed E-state index contributed by atoms with van der Waals surface area (Å²) in [6.45, 7) is 0.148. The molecule has 0 fully saturated rings. The highest BCUT2D eigenvalue weighted by Gasteiger charge is 2.46. The smallest absolute Gasteiger partial charge is 0.260 e. The minimum atomic E-state index is 0.0359. The zero-order chi connectivity index (χ0) is 27.1. The zero-order valence-corrected chi connectivity index (χ0v) is 22.7. The number of fused-ring (bicyclic) bond motifs is 9. The molecule has 0 unspecified atom stereocenters. The molecule has 0 bridgehead atoms. The third-order valence-corrected chi connectivity index (χ3v) is 10.1. The van der Waals surface area contributed by atoms with Crippen molar-refractivity contribution in [3.8, 4) is 40.2 Å². The lowest BCUT2D eigenvalue weighted by Gasteiger charge is -2.37. The number of para-hydroxylation sites is 1. The minimum Gasteiger partial charge on any atom is -0.459 e. The summed E-state index contributed by atoms with van der Waals surface area (Å²) in [4.78, 5) is 0. The van der Waals surface area contributed by atoms with E-state index in [1.807, 2.05) is 18.2 Å². The van der Waals surface area contributed by atoms with E-state index in [1.165, 1.54) is 38.4 Å². The maximum absolute atomic E-state index is 6.96. The number of ether oxygens (including phenoxy) is 4. The second-order valence-corrected chi connectivity index (χ2v) is 12.1. The van der Waals surface area contributed by atoms with Crippen molar-refractivity contribution in [2.45, 2.75) is 25.7 Å². The molecular weight excluding hydrogens is 518 g/mol. The van der Waals surface area contributed by atoms with Crippen LogP contribution in [0.15, 0.2) is 96.2 Å². The maximum Gasteiger partial charge on any atom is 0.260 e. The van der Waals surface area contributed by atoms with Gasteiger partial charge >= 0.3 is 0 Å². The molecule has 5 aromatic rings. The van der Waals surface area contributed by atoms with E-state index >= 15 is 0 Å². The van der Waals surface area contributed by atoms with Crippen LogP contribution in [0.25, 0.3) is 10.8 Å². The van der Waals surface area contributed by atoms with E-state index < -0.39 is 0 Å². The minimum absolute atomic E-state index is 0.0359. The summed E-state index contributed by atoms with van der Waals surface area (Å²) in [5, 5.41) is 2.42. The normalized spacial score (nSPS) is 17.1. The lowest BCUT2D eigenvalue weighted by Crippen LogP contribution is -2.57. The van der Waals surface area contributed by atoms with Gasteiger partial charge in [-0.3, -0.25) is 0 Å². The van der Waals surface area contributed by atoms with Gasteiger partial charge in [-0.25, -0.2) is 0 Å². The third-order valence-electron chi connectivity index (χ3n) is 10.1. The monoisotopic (exact) mass is 540 g/mol. The molecular formula is C36H22B2O4. The van der Waals surface area contributed by atoms with Crippen molar-refractivity contribution in [3.05, 3.63) is 107 Å². The number of rotatable bonds is 0. The van der Waals surface area contributed by atoms with Crippen LogP contribution in [0.3, 0.4) is 0 Å². The van der Waals surface area contributed by atoms with Crippen molar-refractivity contribution in [3.63, 3.8) is 0 Å². The van der Waals surface area contributed by atoms with Gasteiger partial charge in [0.15, 0.2) is 0 Å². The molecule has 2 aliphatic carbocycles. The van der Waals surface area contributed by atoms with Crippen molar-refractivity contribution in [1.29, 1.82) is 0 Å². The van der Waals surface area contributed by atoms with Gasteiger partial charge < -0.3 is 18.9 Å². The average Bonchev–Trinajstić information content (AvgIpc) is 3.44. The molecule has 0 saturated heterocycles. The lowest BCUT2D eigenvalue weighted by molar-refractivity contribution is 0.428. The van der Waals surface area contributed by atoms with Gasteiger partial charge in [-0.15, -0.1) is 0 Å². The van der Waals surface area contributed by atoms with Gasteiger partial charge in [0.2, 0.25) is 0 Å². The molecule has 196 valence electrons. The van der Waals surface area contributed by atoms with Crippen LogP contribution < -0.4 is 46.3 Å². The Morgan fingerprint density at radius 3 is 1.90 bits per heavy atom. The van der Waals surface area contributed by atoms with Crippen LogP contribution in [0.1, 0.15) is 24.0 Å². The van der Waals surface area contributed by atoms with Crippen molar-refractivity contribution >= 4 is 51.5 Å². The fourth-order valence-electron chi connectivity index (χ4n) is 8.39. The number of aryl methyl sites for hydroxylation is 2. The van der Waals surface area contributed by atoms with Crippen LogP contribution >= 0.6 is 0 Å². The highest BCUT2D eigenvalue weighted by Crippen LogP contribution is 2.48. The summed E-state index contributed by atoms with van der Waals surface area (Å²) < 4.78 is 26.7. The molecule has 0 radical (unpaired) electrons. The standard InChI is InChI=1S/C36H22B2O4/c1-3-9-25-21(7-1)37-23-17-19-15-16-20-18-24-36(32(31(19)20)35(23)41-29-13-5-11-27(39-25)33(29)37)42-30-14-6-12-28-34(30)38(24)22-8-2-4-10-26(22)40-28/h1,3-7,9-14,17-18H,2,8,15-16H2. The Bertz CT molecular complexity index is 2180. The number of hydrogen-bond donors (Lipinski definition) is 0. The van der Waals surface area contributed by atoms with Crippen LogP contribution in [0, 0.1) is 0 Å². The highest BCUT2D eigenvalue weighted by molar-refractivity contribution is 6.98. The fourth-order valence-corrected chi connectivity index (χ4v) is 8.39. The number of hydrogen-bond acceptors (Lipinski definition) is 4. The summed E-state index contributed by atoms with van der Waals surface area (Å²) >= 11 is 0. The summed E-state index contributed by atoms with van der Waals surface area (Å²) in [5.74, 6) is 7.28. The predicted molar refractivity (Wildman–Crippen MR) is 167 cm³/mol. The van der Waals surface area contributed by atoms with Crippen LogP contribution in [0.4, 0.5) is 0 Å². The second-order valence-electron chi connectivity index (χ2n) is 12.1. The van der Waals surface area contributed by atoms with Crippen LogP contribution in [-0.2, 0) is 12.8 Å². The molecule has 0 amide bonds. The molecule has 4 nitrogen and oxygen atoms in total. The van der Waals surface area contributed by atoms with Crippen LogP contribution in [0.5, 0.6) is 40.2 Å². The van der Waals surface area contributed by atoms with Crippen LogP contribution in [-0.4, -0.2) is 13.4 Å². The zero-order valence-electron chi connectivity index (χ0n) is 22.7. The van der Waals surface area contributed by atoms with Crippen molar-refractivity contribution in [2.75, 3.05) is 0 Å². The Balaban J connectivity index is 1.25. The molecule has 4 aliphatic heterocycles. The molecule has 5 aromatic carbocycles. The first-order chi connectivity index (χ1) is 20.8. The van der Waals surface area contributed by atoms with E-state index in [1.54, 1.807) is 0 Å². The summed E-state index contributed by atoms with van der Waals surface area (Å²) in [7, 11) is 0. The van der Waals surface area contributed by atoms with Gasteiger partial charge in [-0.05, 0) is 100 Å². The van der Waals surface area contributed by atoms with Gasteiger partial charge in [-0.2, -0.15) is 0 Å². The van der Waals surface area contributed by atoms with E-state index in [0.717, 1.165) is 88.0 Å². The largest absolute Gasteiger partial charge is 0.459 e. The molecule has 0 atom stereocenters. The predicted octanol–water partition coefficient (Wildman–Crippen LogP) is 4.92. The topological polar surface area (TPSA) is 36.9 Å². The molecule has 4 heterocycles. The molecule has 11 rings (SSSR count). The SMILES string of the molecule is C1=CC2=C(CC1)B1c3cc4c5c(cc6c(c5c3Oc3cccc(c31)O2)Oc1cccc2c1B6c1ccccc1O2)CC4. The van der Waals surface area contributed by atoms with E-state index in [4.69, 9.17) is 18.9 Å². The van der Waals surface area contributed by atoms with Crippen LogP contribution in [0.2, 0.25) is 0 Å². The molecule has 0 spiro atoms. The summed E-state index contributed by atoms with van der Waals surface area (Å²) in [6, 6.07) is 25.6. The van der Waals surface area contributed by atoms with Gasteiger partial charge in [0.1, 0.15) is 46.0 Å². The second kappa shape index (κ2) is 7.51.